The average molecular weight is 789 g/mol. The molecule has 1 atom stereocenters. The summed E-state index contributed by atoms with van der Waals surface area (Å²) in [5.74, 6) is -0.594. The Morgan fingerprint density at radius 2 is 0.732 bits per heavy atom. The Hall–Kier alpha value is -1.62. The minimum absolute atomic E-state index is 0.0668. The number of hydrogen-bond donors (Lipinski definition) is 1. The Morgan fingerprint density at radius 3 is 1.11 bits per heavy atom. The first-order valence-electron chi connectivity index (χ1n) is 24.9. The molecule has 1 N–H and O–H groups in total. The number of aliphatic hydroxyl groups excluding tert-OH is 1. The molecule has 0 radical (unpaired) electrons. The van der Waals surface area contributed by atoms with Crippen LogP contribution in [0.25, 0.3) is 0 Å². The average Bonchev–Trinajstić information content (AvgIpc) is 3.20. The van der Waals surface area contributed by atoms with Crippen LogP contribution >= 0.6 is 0 Å². The smallest absolute Gasteiger partial charge is 0.306 e. The van der Waals surface area contributed by atoms with Crippen LogP contribution in [-0.2, 0) is 19.1 Å². The van der Waals surface area contributed by atoms with E-state index in [2.05, 4.69) is 38.2 Å². The van der Waals surface area contributed by atoms with Crippen molar-refractivity contribution in [3.63, 3.8) is 0 Å². The van der Waals surface area contributed by atoms with E-state index >= 15 is 0 Å². The summed E-state index contributed by atoms with van der Waals surface area (Å²) >= 11 is 0. The second kappa shape index (κ2) is 47.8. The summed E-state index contributed by atoms with van der Waals surface area (Å²) in [6, 6.07) is 0. The van der Waals surface area contributed by atoms with Crippen molar-refractivity contribution in [2.24, 2.45) is 0 Å². The lowest BCUT2D eigenvalue weighted by Crippen LogP contribution is -2.28. The maximum atomic E-state index is 12.2. The summed E-state index contributed by atoms with van der Waals surface area (Å²) in [4.78, 5) is 24.4. The monoisotopic (exact) mass is 789 g/mol. The van der Waals surface area contributed by atoms with E-state index in [4.69, 9.17) is 9.47 Å². The van der Waals surface area contributed by atoms with Crippen LogP contribution in [-0.4, -0.2) is 36.4 Å². The van der Waals surface area contributed by atoms with Gasteiger partial charge in [0.1, 0.15) is 6.61 Å². The topological polar surface area (TPSA) is 72.8 Å². The van der Waals surface area contributed by atoms with Gasteiger partial charge in [0.25, 0.3) is 0 Å². The molecule has 0 aliphatic carbocycles. The van der Waals surface area contributed by atoms with Gasteiger partial charge in [-0.1, -0.05) is 244 Å². The molecule has 0 rings (SSSR count). The molecule has 0 spiro atoms. The molecule has 0 aliphatic rings. The third-order valence-electron chi connectivity index (χ3n) is 11.2. The molecule has 0 aliphatic heterocycles. The van der Waals surface area contributed by atoms with Gasteiger partial charge in [-0.05, 0) is 38.5 Å². The SMILES string of the molecule is CCCC/C=C\C/C=C\CCCCCCCC(=O)OC(CO)COC(=O)CCCCCCCCCCCCCCCCCCCCCCCCCCCCCC. The zero-order valence-corrected chi connectivity index (χ0v) is 37.7. The lowest BCUT2D eigenvalue weighted by atomic mass is 10.0. The molecule has 0 aromatic rings. The molecule has 0 heterocycles. The summed E-state index contributed by atoms with van der Waals surface area (Å²) < 4.78 is 10.6. The van der Waals surface area contributed by atoms with Gasteiger partial charge in [0.2, 0.25) is 0 Å². The highest BCUT2D eigenvalue weighted by atomic mass is 16.6. The molecule has 0 amide bonds. The molecule has 0 fully saturated rings. The molecule has 1 unspecified atom stereocenters. The van der Waals surface area contributed by atoms with Gasteiger partial charge in [-0.25, -0.2) is 0 Å². The van der Waals surface area contributed by atoms with E-state index in [1.54, 1.807) is 0 Å². The number of esters is 2. The van der Waals surface area contributed by atoms with Gasteiger partial charge in [0, 0.05) is 12.8 Å². The lowest BCUT2D eigenvalue weighted by Gasteiger charge is -2.15. The molecule has 5 heteroatoms. The fourth-order valence-electron chi connectivity index (χ4n) is 7.46. The van der Waals surface area contributed by atoms with E-state index in [0.717, 1.165) is 51.4 Å². The van der Waals surface area contributed by atoms with Gasteiger partial charge >= 0.3 is 11.9 Å². The van der Waals surface area contributed by atoms with Crippen molar-refractivity contribution in [3.05, 3.63) is 24.3 Å². The fourth-order valence-corrected chi connectivity index (χ4v) is 7.46. The first kappa shape index (κ1) is 54.4. The van der Waals surface area contributed by atoms with E-state index in [1.165, 1.54) is 193 Å². The van der Waals surface area contributed by atoms with Crippen molar-refractivity contribution in [2.75, 3.05) is 13.2 Å². The third kappa shape index (κ3) is 45.1. The number of rotatable bonds is 46. The second-order valence-electron chi connectivity index (χ2n) is 16.9. The van der Waals surface area contributed by atoms with E-state index in [0.29, 0.717) is 12.8 Å². The predicted molar refractivity (Wildman–Crippen MR) is 242 cm³/mol. The fraction of sp³-hybridized carbons (Fsp3) is 0.882. The molecule has 0 aromatic heterocycles. The quantitative estimate of drug-likeness (QED) is 0.0378. The number of unbranched alkanes of at least 4 members (excludes halogenated alkanes) is 34. The molecule has 0 saturated carbocycles. The van der Waals surface area contributed by atoms with Gasteiger partial charge in [0.05, 0.1) is 6.61 Å². The Balaban J connectivity index is 3.41. The van der Waals surface area contributed by atoms with Crippen LogP contribution in [0.3, 0.4) is 0 Å². The van der Waals surface area contributed by atoms with Crippen LogP contribution in [0.15, 0.2) is 24.3 Å². The first-order chi connectivity index (χ1) is 27.6. The highest BCUT2D eigenvalue weighted by Crippen LogP contribution is 2.17. The first-order valence-corrected chi connectivity index (χ1v) is 24.9. The second-order valence-corrected chi connectivity index (χ2v) is 16.9. The van der Waals surface area contributed by atoms with Crippen molar-refractivity contribution in [1.29, 1.82) is 0 Å². The van der Waals surface area contributed by atoms with Crippen LogP contribution < -0.4 is 0 Å². The molecule has 56 heavy (non-hydrogen) atoms. The molecule has 0 bridgehead atoms. The van der Waals surface area contributed by atoms with Crippen molar-refractivity contribution < 1.29 is 24.2 Å². The molecule has 330 valence electrons. The zero-order chi connectivity index (χ0) is 40.7. The Morgan fingerprint density at radius 1 is 0.411 bits per heavy atom. The maximum absolute atomic E-state index is 12.2. The predicted octanol–water partition coefficient (Wildman–Crippen LogP) is 16.2. The number of ether oxygens (including phenoxy) is 2. The number of carbonyl (C=O) groups excluding carboxylic acids is 2. The number of carbonyl (C=O) groups is 2. The van der Waals surface area contributed by atoms with Crippen LogP contribution in [0.5, 0.6) is 0 Å². The maximum Gasteiger partial charge on any atom is 0.306 e. The van der Waals surface area contributed by atoms with Gasteiger partial charge in [-0.2, -0.15) is 0 Å². The Labute approximate surface area is 349 Å². The summed E-state index contributed by atoms with van der Waals surface area (Å²) in [5, 5.41) is 9.59. The van der Waals surface area contributed by atoms with Crippen LogP contribution in [0, 0.1) is 0 Å². The molecular formula is C51H96O5. The number of allylic oxidation sites excluding steroid dienone is 4. The van der Waals surface area contributed by atoms with Gasteiger partial charge in [-0.3, -0.25) is 9.59 Å². The van der Waals surface area contributed by atoms with Crippen molar-refractivity contribution in [1.82, 2.24) is 0 Å². The Kier molecular flexibility index (Phi) is 46.4. The highest BCUT2D eigenvalue weighted by molar-refractivity contribution is 5.70. The van der Waals surface area contributed by atoms with Crippen molar-refractivity contribution in [2.45, 2.75) is 277 Å². The minimum atomic E-state index is -0.775. The van der Waals surface area contributed by atoms with E-state index < -0.39 is 6.10 Å². The number of hydrogen-bond acceptors (Lipinski definition) is 5. The minimum Gasteiger partial charge on any atom is -0.462 e. The molecule has 5 nitrogen and oxygen atoms in total. The van der Waals surface area contributed by atoms with Crippen molar-refractivity contribution in [3.8, 4) is 0 Å². The van der Waals surface area contributed by atoms with Crippen LogP contribution in [0.2, 0.25) is 0 Å². The lowest BCUT2D eigenvalue weighted by molar-refractivity contribution is -0.161. The van der Waals surface area contributed by atoms with E-state index in [9.17, 15) is 14.7 Å². The number of aliphatic hydroxyl groups is 1. The van der Waals surface area contributed by atoms with E-state index in [1.807, 2.05) is 0 Å². The van der Waals surface area contributed by atoms with Gasteiger partial charge in [-0.15, -0.1) is 0 Å². The third-order valence-corrected chi connectivity index (χ3v) is 11.2. The zero-order valence-electron chi connectivity index (χ0n) is 37.7. The van der Waals surface area contributed by atoms with Gasteiger partial charge < -0.3 is 14.6 Å². The molecule has 0 saturated heterocycles. The Bertz CT molecular complexity index is 851. The summed E-state index contributed by atoms with van der Waals surface area (Å²) in [6.45, 7) is 4.12. The molecule has 0 aromatic carbocycles. The summed E-state index contributed by atoms with van der Waals surface area (Å²) in [7, 11) is 0. The highest BCUT2D eigenvalue weighted by Gasteiger charge is 2.16. The standard InChI is InChI=1S/C51H96O5/c1-3-5-7-9-11-13-15-17-19-20-21-22-23-24-25-26-27-28-29-30-31-32-34-35-37-39-41-43-45-50(53)55-48-49(47-52)56-51(54)46-44-42-40-38-36-33-18-16-14-12-10-8-6-4-2/h10,12,16,18,49,52H,3-9,11,13-15,17,19-48H2,1-2H3/b12-10-,18-16-. The largest absolute Gasteiger partial charge is 0.462 e. The van der Waals surface area contributed by atoms with E-state index in [-0.39, 0.29) is 25.2 Å². The molecular weight excluding hydrogens is 693 g/mol. The van der Waals surface area contributed by atoms with Gasteiger partial charge in [0.15, 0.2) is 6.10 Å². The van der Waals surface area contributed by atoms with Crippen LogP contribution in [0.4, 0.5) is 0 Å². The van der Waals surface area contributed by atoms with Crippen molar-refractivity contribution >= 4 is 11.9 Å². The summed E-state index contributed by atoms with van der Waals surface area (Å²) in [5.41, 5.74) is 0. The normalized spacial score (nSPS) is 12.3. The van der Waals surface area contributed by atoms with Crippen LogP contribution in [0.1, 0.15) is 271 Å². The summed E-state index contributed by atoms with van der Waals surface area (Å²) in [6.07, 6.45) is 58.5.